The highest BCUT2D eigenvalue weighted by atomic mass is 32.2. The molecular formula is C21H26N2O4S. The quantitative estimate of drug-likeness (QED) is 0.543. The van der Waals surface area contributed by atoms with Gasteiger partial charge >= 0.3 is 5.97 Å². The molecule has 0 amide bonds. The third-order valence-corrected chi connectivity index (χ3v) is 6.31. The summed E-state index contributed by atoms with van der Waals surface area (Å²) in [6.07, 6.45) is 1.77. The largest absolute Gasteiger partial charge is 0.462 e. The van der Waals surface area contributed by atoms with Crippen molar-refractivity contribution in [3.63, 3.8) is 0 Å². The van der Waals surface area contributed by atoms with Gasteiger partial charge < -0.3 is 4.74 Å². The SMILES string of the molecule is CCOC(=O)c1ccc(S(=O)(=O)NCCCN2CCc3ccccc3C2)cc1. The first-order valence-corrected chi connectivity index (χ1v) is 11.0. The van der Waals surface area contributed by atoms with E-state index < -0.39 is 16.0 Å². The lowest BCUT2D eigenvalue weighted by Gasteiger charge is -2.28. The topological polar surface area (TPSA) is 75.7 Å². The van der Waals surface area contributed by atoms with Crippen molar-refractivity contribution in [3.05, 3.63) is 65.2 Å². The Balaban J connectivity index is 1.47. The van der Waals surface area contributed by atoms with E-state index in [1.165, 1.54) is 35.4 Å². The molecule has 0 fully saturated rings. The highest BCUT2D eigenvalue weighted by Crippen LogP contribution is 2.18. The standard InChI is InChI=1S/C21H26N2O4S/c1-2-27-21(24)18-8-10-20(11-9-18)28(25,26)22-13-5-14-23-15-12-17-6-3-4-7-19(17)16-23/h3-4,6-11,22H,2,5,12-16H2,1H3. The van der Waals surface area contributed by atoms with E-state index in [4.69, 9.17) is 4.74 Å². The molecule has 0 saturated heterocycles. The van der Waals surface area contributed by atoms with Crippen LogP contribution in [0.5, 0.6) is 0 Å². The van der Waals surface area contributed by atoms with Crippen LogP contribution in [0.3, 0.4) is 0 Å². The Morgan fingerprint density at radius 2 is 1.82 bits per heavy atom. The van der Waals surface area contributed by atoms with Crippen molar-refractivity contribution in [2.75, 3.05) is 26.2 Å². The molecule has 0 bridgehead atoms. The number of carbonyl (C=O) groups excluding carboxylic acids is 1. The third-order valence-electron chi connectivity index (χ3n) is 4.83. The van der Waals surface area contributed by atoms with Crippen LogP contribution in [0.25, 0.3) is 0 Å². The van der Waals surface area contributed by atoms with E-state index in [-0.39, 0.29) is 11.5 Å². The maximum atomic E-state index is 12.4. The van der Waals surface area contributed by atoms with Gasteiger partial charge in [-0.15, -0.1) is 0 Å². The van der Waals surface area contributed by atoms with Crippen LogP contribution in [0.1, 0.15) is 34.8 Å². The molecule has 2 aromatic rings. The number of carbonyl (C=O) groups is 1. The van der Waals surface area contributed by atoms with E-state index in [1.807, 2.05) is 0 Å². The van der Waals surface area contributed by atoms with Gasteiger partial charge in [-0.1, -0.05) is 24.3 Å². The van der Waals surface area contributed by atoms with Crippen LogP contribution in [0, 0.1) is 0 Å². The second-order valence-electron chi connectivity index (χ2n) is 6.79. The first-order valence-electron chi connectivity index (χ1n) is 9.55. The second-order valence-corrected chi connectivity index (χ2v) is 8.56. The van der Waals surface area contributed by atoms with Crippen LogP contribution in [0.15, 0.2) is 53.4 Å². The molecule has 28 heavy (non-hydrogen) atoms. The summed E-state index contributed by atoms with van der Waals surface area (Å²) in [6, 6.07) is 14.3. The Morgan fingerprint density at radius 3 is 2.54 bits per heavy atom. The molecule has 1 heterocycles. The summed E-state index contributed by atoms with van der Waals surface area (Å²) >= 11 is 0. The number of nitrogens with one attached hydrogen (secondary N) is 1. The summed E-state index contributed by atoms with van der Waals surface area (Å²) in [7, 11) is -3.59. The zero-order valence-electron chi connectivity index (χ0n) is 16.1. The molecule has 7 heteroatoms. The van der Waals surface area contributed by atoms with Crippen LogP contribution in [-0.4, -0.2) is 45.5 Å². The monoisotopic (exact) mass is 402 g/mol. The van der Waals surface area contributed by atoms with Crippen LogP contribution in [-0.2, 0) is 27.7 Å². The van der Waals surface area contributed by atoms with E-state index >= 15 is 0 Å². The highest BCUT2D eigenvalue weighted by molar-refractivity contribution is 7.89. The van der Waals surface area contributed by atoms with E-state index in [9.17, 15) is 13.2 Å². The molecule has 0 spiro atoms. The Hall–Kier alpha value is -2.22. The third kappa shape index (κ3) is 5.19. The van der Waals surface area contributed by atoms with E-state index in [0.717, 1.165) is 32.5 Å². The molecule has 150 valence electrons. The minimum Gasteiger partial charge on any atom is -0.462 e. The maximum absolute atomic E-state index is 12.4. The van der Waals surface area contributed by atoms with E-state index in [0.29, 0.717) is 12.1 Å². The predicted molar refractivity (Wildman–Crippen MR) is 108 cm³/mol. The summed E-state index contributed by atoms with van der Waals surface area (Å²) in [5, 5.41) is 0. The average molecular weight is 403 g/mol. The molecule has 2 aromatic carbocycles. The van der Waals surface area contributed by atoms with Crippen LogP contribution in [0.4, 0.5) is 0 Å². The summed E-state index contributed by atoms with van der Waals surface area (Å²) in [6.45, 7) is 5.14. The van der Waals surface area contributed by atoms with E-state index in [2.05, 4.69) is 33.9 Å². The van der Waals surface area contributed by atoms with Gasteiger partial charge in [-0.3, -0.25) is 4.90 Å². The number of esters is 1. The molecule has 1 N–H and O–H groups in total. The molecule has 0 atom stereocenters. The predicted octanol–water partition coefficient (Wildman–Crippen LogP) is 2.59. The van der Waals surface area contributed by atoms with Crippen molar-refractivity contribution in [1.82, 2.24) is 9.62 Å². The van der Waals surface area contributed by atoms with Gasteiger partial charge in [0.1, 0.15) is 0 Å². The molecule has 0 aliphatic carbocycles. The number of sulfonamides is 1. The number of benzene rings is 2. The molecule has 3 rings (SSSR count). The minimum absolute atomic E-state index is 0.146. The van der Waals surface area contributed by atoms with Crippen LogP contribution < -0.4 is 4.72 Å². The van der Waals surface area contributed by atoms with Crippen molar-refractivity contribution in [1.29, 1.82) is 0 Å². The minimum atomic E-state index is -3.59. The lowest BCUT2D eigenvalue weighted by atomic mass is 10.00. The van der Waals surface area contributed by atoms with Gasteiger partial charge in [0.15, 0.2) is 0 Å². The van der Waals surface area contributed by atoms with Crippen LogP contribution in [0.2, 0.25) is 0 Å². The lowest BCUT2D eigenvalue weighted by molar-refractivity contribution is 0.0526. The Bertz CT molecular complexity index is 910. The zero-order chi connectivity index (χ0) is 20.0. The van der Waals surface area contributed by atoms with Crippen molar-refractivity contribution < 1.29 is 17.9 Å². The van der Waals surface area contributed by atoms with Crippen molar-refractivity contribution in [3.8, 4) is 0 Å². The molecular weight excluding hydrogens is 376 g/mol. The highest BCUT2D eigenvalue weighted by Gasteiger charge is 2.17. The first-order chi connectivity index (χ1) is 13.5. The van der Waals surface area contributed by atoms with Gasteiger partial charge in [-0.25, -0.2) is 17.9 Å². The summed E-state index contributed by atoms with van der Waals surface area (Å²) in [5.74, 6) is -0.456. The molecule has 1 aliphatic heterocycles. The molecule has 0 radical (unpaired) electrons. The average Bonchev–Trinajstić information content (AvgIpc) is 2.71. The van der Waals surface area contributed by atoms with E-state index in [1.54, 1.807) is 6.92 Å². The Morgan fingerprint density at radius 1 is 1.11 bits per heavy atom. The zero-order valence-corrected chi connectivity index (χ0v) is 16.9. The second kappa shape index (κ2) is 9.32. The molecule has 6 nitrogen and oxygen atoms in total. The molecule has 0 saturated carbocycles. The van der Waals surface area contributed by atoms with Crippen LogP contribution >= 0.6 is 0 Å². The Kier molecular flexibility index (Phi) is 6.83. The van der Waals surface area contributed by atoms with Crippen molar-refractivity contribution in [2.24, 2.45) is 0 Å². The van der Waals surface area contributed by atoms with Crippen molar-refractivity contribution in [2.45, 2.75) is 31.2 Å². The summed E-state index contributed by atoms with van der Waals surface area (Å²) in [5.41, 5.74) is 3.10. The van der Waals surface area contributed by atoms with Gasteiger partial charge in [-0.2, -0.15) is 0 Å². The summed E-state index contributed by atoms with van der Waals surface area (Å²) < 4.78 is 32.4. The molecule has 1 aliphatic rings. The van der Waals surface area contributed by atoms with Gasteiger partial charge in [0.2, 0.25) is 10.0 Å². The number of rotatable bonds is 8. The summed E-state index contributed by atoms with van der Waals surface area (Å²) in [4.78, 5) is 14.1. The van der Waals surface area contributed by atoms with Gasteiger partial charge in [0.05, 0.1) is 17.1 Å². The molecule has 0 unspecified atom stereocenters. The number of fused-ring (bicyclic) bond motifs is 1. The first kappa shape index (κ1) is 20.5. The number of hydrogen-bond acceptors (Lipinski definition) is 5. The van der Waals surface area contributed by atoms with Crippen molar-refractivity contribution >= 4 is 16.0 Å². The van der Waals surface area contributed by atoms with Gasteiger partial charge in [0.25, 0.3) is 0 Å². The normalized spacial score (nSPS) is 14.5. The fourth-order valence-electron chi connectivity index (χ4n) is 3.32. The van der Waals surface area contributed by atoms with Gasteiger partial charge in [-0.05, 0) is 61.7 Å². The fraction of sp³-hybridized carbons (Fsp3) is 0.381. The number of nitrogens with zero attached hydrogens (tertiary/aromatic N) is 1. The smallest absolute Gasteiger partial charge is 0.338 e. The number of hydrogen-bond donors (Lipinski definition) is 1. The number of ether oxygens (including phenoxy) is 1. The Labute approximate surface area is 166 Å². The molecule has 0 aromatic heterocycles. The van der Waals surface area contributed by atoms with Gasteiger partial charge in [0, 0.05) is 19.6 Å². The maximum Gasteiger partial charge on any atom is 0.338 e. The lowest BCUT2D eigenvalue weighted by Crippen LogP contribution is -2.33. The fourth-order valence-corrected chi connectivity index (χ4v) is 4.40.